The van der Waals surface area contributed by atoms with Gasteiger partial charge in [0, 0.05) is 7.11 Å². The molecule has 0 unspecified atom stereocenters. The number of phenols is 2. The van der Waals surface area contributed by atoms with Gasteiger partial charge in [-0.2, -0.15) is 0 Å². The van der Waals surface area contributed by atoms with E-state index in [1.54, 1.807) is 13.2 Å². The van der Waals surface area contributed by atoms with Crippen LogP contribution < -0.4 is 0 Å². The molecule has 1 aromatic rings. The Morgan fingerprint density at radius 2 is 1.79 bits per heavy atom. The monoisotopic (exact) mass is 198 g/mol. The number of hydrogen-bond acceptors (Lipinski definition) is 3. The van der Waals surface area contributed by atoms with E-state index in [4.69, 9.17) is 14.9 Å². The second-order valence-corrected chi connectivity index (χ2v) is 2.57. The molecule has 80 valence electrons. The van der Waals surface area contributed by atoms with Crippen molar-refractivity contribution in [2.24, 2.45) is 0 Å². The molecule has 0 saturated heterocycles. The van der Waals surface area contributed by atoms with Crippen molar-refractivity contribution in [1.82, 2.24) is 0 Å². The van der Waals surface area contributed by atoms with Gasteiger partial charge in [-0.25, -0.2) is 0 Å². The summed E-state index contributed by atoms with van der Waals surface area (Å²) in [5, 5.41) is 18.1. The topological polar surface area (TPSA) is 49.7 Å². The minimum atomic E-state index is -0.0869. The highest BCUT2D eigenvalue weighted by Crippen LogP contribution is 2.24. The van der Waals surface area contributed by atoms with Crippen molar-refractivity contribution in [2.45, 2.75) is 20.3 Å². The predicted octanol–water partition coefficient (Wildman–Crippen LogP) is 2.31. The van der Waals surface area contributed by atoms with Gasteiger partial charge < -0.3 is 14.9 Å². The van der Waals surface area contributed by atoms with Crippen LogP contribution in [-0.4, -0.2) is 23.9 Å². The summed E-state index contributed by atoms with van der Waals surface area (Å²) in [7, 11) is 1.63. The Bertz CT molecular complexity index is 259. The maximum Gasteiger partial charge on any atom is 0.157 e. The second-order valence-electron chi connectivity index (χ2n) is 2.57. The van der Waals surface area contributed by atoms with Gasteiger partial charge >= 0.3 is 0 Å². The van der Waals surface area contributed by atoms with E-state index < -0.39 is 0 Å². The van der Waals surface area contributed by atoms with Gasteiger partial charge in [-0.1, -0.05) is 19.9 Å². The van der Waals surface area contributed by atoms with E-state index in [-0.39, 0.29) is 11.5 Å². The molecule has 0 atom stereocenters. The van der Waals surface area contributed by atoms with Crippen LogP contribution in [0.25, 0.3) is 0 Å². The van der Waals surface area contributed by atoms with Gasteiger partial charge in [-0.15, -0.1) is 0 Å². The molecule has 2 N–H and O–H groups in total. The average molecular weight is 198 g/mol. The molecule has 0 bridgehead atoms. The van der Waals surface area contributed by atoms with Gasteiger partial charge in [0.05, 0.1) is 6.61 Å². The summed E-state index contributed by atoms with van der Waals surface area (Å²) in [4.78, 5) is 0. The number of rotatable bonds is 3. The molecule has 0 fully saturated rings. The van der Waals surface area contributed by atoms with Crippen LogP contribution in [0.4, 0.5) is 0 Å². The molecule has 0 amide bonds. The van der Waals surface area contributed by atoms with Crippen molar-refractivity contribution in [3.8, 4) is 11.5 Å². The quantitative estimate of drug-likeness (QED) is 0.733. The maximum atomic E-state index is 9.11. The number of ether oxygens (including phenoxy) is 1. The highest BCUT2D eigenvalue weighted by molar-refractivity contribution is 5.40. The minimum absolute atomic E-state index is 0.0800. The summed E-state index contributed by atoms with van der Waals surface area (Å²) in [6.07, 6.45) is 0.740. The third-order valence-electron chi connectivity index (χ3n) is 1.63. The first-order valence-electron chi connectivity index (χ1n) is 4.74. The van der Waals surface area contributed by atoms with Gasteiger partial charge in [0.15, 0.2) is 11.5 Å². The van der Waals surface area contributed by atoms with Crippen molar-refractivity contribution in [2.75, 3.05) is 13.7 Å². The molecule has 3 nitrogen and oxygen atoms in total. The zero-order chi connectivity index (χ0) is 11.0. The van der Waals surface area contributed by atoms with Crippen molar-refractivity contribution in [3.63, 3.8) is 0 Å². The standard InChI is InChI=1S/C9H12O3.C2H6/c1-12-5-4-7-2-3-8(10)9(11)6-7;1-2/h2-3,6,10-11H,4-5H2,1H3;1-2H3. The molecule has 0 aliphatic heterocycles. The van der Waals surface area contributed by atoms with Crippen LogP contribution in [0.5, 0.6) is 11.5 Å². The van der Waals surface area contributed by atoms with E-state index >= 15 is 0 Å². The van der Waals surface area contributed by atoms with Gasteiger partial charge in [0.2, 0.25) is 0 Å². The first-order chi connectivity index (χ1) is 6.74. The Kier molecular flexibility index (Phi) is 6.58. The lowest BCUT2D eigenvalue weighted by Gasteiger charge is -2.02. The highest BCUT2D eigenvalue weighted by Gasteiger charge is 1.99. The summed E-state index contributed by atoms with van der Waals surface area (Å²) in [6, 6.07) is 4.77. The Morgan fingerprint density at radius 3 is 2.29 bits per heavy atom. The second kappa shape index (κ2) is 7.21. The predicted molar refractivity (Wildman–Crippen MR) is 56.7 cm³/mol. The Hall–Kier alpha value is -1.22. The van der Waals surface area contributed by atoms with E-state index in [0.29, 0.717) is 6.61 Å². The van der Waals surface area contributed by atoms with Crippen molar-refractivity contribution in [3.05, 3.63) is 23.8 Å². The van der Waals surface area contributed by atoms with E-state index in [1.165, 1.54) is 12.1 Å². The van der Waals surface area contributed by atoms with Crippen molar-refractivity contribution < 1.29 is 14.9 Å². The van der Waals surface area contributed by atoms with Crippen LogP contribution in [0.3, 0.4) is 0 Å². The average Bonchev–Trinajstić information content (AvgIpc) is 2.23. The van der Waals surface area contributed by atoms with Gasteiger partial charge in [0.1, 0.15) is 0 Å². The fourth-order valence-electron chi connectivity index (χ4n) is 0.944. The lowest BCUT2D eigenvalue weighted by atomic mass is 10.1. The first-order valence-corrected chi connectivity index (χ1v) is 4.74. The van der Waals surface area contributed by atoms with E-state index in [1.807, 2.05) is 13.8 Å². The molecule has 14 heavy (non-hydrogen) atoms. The van der Waals surface area contributed by atoms with Crippen LogP contribution in [0.2, 0.25) is 0 Å². The number of hydrogen-bond donors (Lipinski definition) is 2. The van der Waals surface area contributed by atoms with Crippen LogP contribution in [0.1, 0.15) is 19.4 Å². The molecule has 3 heteroatoms. The summed E-state index contributed by atoms with van der Waals surface area (Å²) in [5.74, 6) is -0.167. The van der Waals surface area contributed by atoms with E-state index in [2.05, 4.69) is 0 Å². The smallest absolute Gasteiger partial charge is 0.157 e. The fraction of sp³-hybridized carbons (Fsp3) is 0.455. The fourth-order valence-corrected chi connectivity index (χ4v) is 0.944. The molecule has 1 aromatic carbocycles. The lowest BCUT2D eigenvalue weighted by Crippen LogP contribution is -1.93. The third kappa shape index (κ3) is 4.14. The number of benzene rings is 1. The van der Waals surface area contributed by atoms with Crippen molar-refractivity contribution in [1.29, 1.82) is 0 Å². The molecule has 0 heterocycles. The first kappa shape index (κ1) is 12.8. The van der Waals surface area contributed by atoms with Crippen LogP contribution in [0, 0.1) is 0 Å². The number of methoxy groups -OCH3 is 1. The van der Waals surface area contributed by atoms with Crippen molar-refractivity contribution >= 4 is 0 Å². The molecule has 0 radical (unpaired) electrons. The Labute approximate surface area is 85.0 Å². The Balaban J connectivity index is 0.000000791. The van der Waals surface area contributed by atoms with Gasteiger partial charge in [-0.3, -0.25) is 0 Å². The summed E-state index contributed by atoms with van der Waals surface area (Å²) < 4.78 is 4.87. The molecular weight excluding hydrogens is 180 g/mol. The van der Waals surface area contributed by atoms with Gasteiger partial charge in [-0.05, 0) is 24.1 Å². The Morgan fingerprint density at radius 1 is 1.14 bits per heavy atom. The van der Waals surface area contributed by atoms with E-state index in [0.717, 1.165) is 12.0 Å². The van der Waals surface area contributed by atoms with Crippen LogP contribution in [-0.2, 0) is 11.2 Å². The molecule has 0 aliphatic carbocycles. The molecule has 1 rings (SSSR count). The molecule has 0 aromatic heterocycles. The lowest BCUT2D eigenvalue weighted by molar-refractivity contribution is 0.202. The molecule has 0 saturated carbocycles. The van der Waals surface area contributed by atoms with Crippen LogP contribution in [0.15, 0.2) is 18.2 Å². The van der Waals surface area contributed by atoms with Crippen LogP contribution >= 0.6 is 0 Å². The largest absolute Gasteiger partial charge is 0.504 e. The third-order valence-corrected chi connectivity index (χ3v) is 1.63. The highest BCUT2D eigenvalue weighted by atomic mass is 16.5. The van der Waals surface area contributed by atoms with E-state index in [9.17, 15) is 0 Å². The zero-order valence-corrected chi connectivity index (χ0v) is 8.95. The maximum absolute atomic E-state index is 9.11. The number of phenolic OH excluding ortho intramolecular Hbond substituents is 2. The summed E-state index contributed by atoms with van der Waals surface area (Å²) in [5.41, 5.74) is 0.951. The summed E-state index contributed by atoms with van der Waals surface area (Å²) >= 11 is 0. The number of aromatic hydroxyl groups is 2. The molecule has 0 aliphatic rings. The summed E-state index contributed by atoms with van der Waals surface area (Å²) in [6.45, 7) is 4.62. The molecule has 0 spiro atoms. The van der Waals surface area contributed by atoms with Gasteiger partial charge in [0.25, 0.3) is 0 Å². The molecular formula is C11H18O3. The zero-order valence-electron chi connectivity index (χ0n) is 8.95. The SMILES string of the molecule is CC.COCCc1ccc(O)c(O)c1. The normalized spacial score (nSPS) is 9.07. The minimum Gasteiger partial charge on any atom is -0.504 e.